The molecule has 4 aromatic rings. The monoisotopic (exact) mass is 1380 g/mol. The Kier molecular flexibility index (Phi) is 27.6. The summed E-state index contributed by atoms with van der Waals surface area (Å²) in [6.07, 6.45) is -7.13. The Morgan fingerprint density at radius 2 is 1.39 bits per heavy atom. The van der Waals surface area contributed by atoms with E-state index in [0.717, 1.165) is 79.4 Å². The van der Waals surface area contributed by atoms with Crippen molar-refractivity contribution < 1.29 is 106 Å². The number of hydrogen-bond donors (Lipinski definition) is 14. The van der Waals surface area contributed by atoms with Gasteiger partial charge in [-0.2, -0.15) is 0 Å². The van der Waals surface area contributed by atoms with E-state index in [0.29, 0.717) is 27.9 Å². The van der Waals surface area contributed by atoms with Gasteiger partial charge in [-0.05, 0) is 80.3 Å². The minimum atomic E-state index is -3.90. The van der Waals surface area contributed by atoms with Gasteiger partial charge in [-0.25, -0.2) is 18.4 Å². The van der Waals surface area contributed by atoms with Gasteiger partial charge in [0.15, 0.2) is 11.5 Å². The molecule has 1 aromatic heterocycles. The Hall–Kier alpha value is -7.23. The molecule has 3 aliphatic heterocycles. The highest BCUT2D eigenvalue weighted by Gasteiger charge is 2.50. The highest BCUT2D eigenvalue weighted by molar-refractivity contribution is 7.90. The summed E-state index contributed by atoms with van der Waals surface area (Å²) in [5, 5.41) is 113. The fourth-order valence-corrected chi connectivity index (χ4v) is 12.5. The Balaban J connectivity index is 1.16. The van der Waals surface area contributed by atoms with Crippen LogP contribution in [0.25, 0.3) is 21.1 Å². The summed E-state index contributed by atoms with van der Waals surface area (Å²) in [6, 6.07) is 5.33. The number of ether oxygens (including phenoxy) is 2. The van der Waals surface area contributed by atoms with Crippen LogP contribution >= 0.6 is 23.7 Å². The van der Waals surface area contributed by atoms with Crippen molar-refractivity contribution in [1.29, 1.82) is 0 Å². The Bertz CT molecular complexity index is 3340. The van der Waals surface area contributed by atoms with Crippen LogP contribution < -0.4 is 40.2 Å². The number of phenols is 1. The largest absolute Gasteiger partial charge is 0.504 e. The minimum Gasteiger partial charge on any atom is -0.504 e. The second-order valence-corrected chi connectivity index (χ2v) is 26.4. The number of β-amino-alcohol motifs (C(OH)–C–C–N with tert-alkyl or cyclic N) is 1. The van der Waals surface area contributed by atoms with E-state index in [1.165, 1.54) is 36.5 Å². The standard InChI is InChI=1S/C59H80N10O22S3/c1-31-29-69-49(50(31)76)55(81)60-28-37(71)26-40(62-51(77)34-11-13-35(14-12-34)56-66-67-57(92-56)36-15-17-39(18-16-36)88-23-9-7-5-6-8-22-87-3)52(78)63-46(32(2)70)58(82)68-30-38(72)27-41(68)53(79)64-47(44(75)24-33-10-19-42(73)45(25-33)89-93-91-90-84)54(80)65-48(59(69)83)43(74)20-21-61-94(4,85)86/h10-19,25,31-32,37-38,40-41,43-44,46-50,61,70-76,84H,5-9,20-24,26-30H2,1-4H3,(H,60,81)(H,62,77)(H,63,78)(H,64,79)(H,65,80)/t31-,32+,37+,38+,40+,41+,43-,44-,46+,47+,48+,49+,50+/m1/s1. The molecule has 3 saturated heterocycles. The topological polar surface area (TPSA) is 466 Å². The maximum atomic E-state index is 14.9. The van der Waals surface area contributed by atoms with Crippen molar-refractivity contribution in [3.8, 4) is 38.4 Å². The summed E-state index contributed by atoms with van der Waals surface area (Å²) in [4.78, 5) is 104. The quantitative estimate of drug-likeness (QED) is 0.0152. The molecule has 0 unspecified atom stereocenters. The van der Waals surface area contributed by atoms with E-state index >= 15 is 0 Å². The van der Waals surface area contributed by atoms with E-state index in [4.69, 9.17) is 18.9 Å². The van der Waals surface area contributed by atoms with Crippen LogP contribution in [-0.2, 0) is 59.3 Å². The zero-order chi connectivity index (χ0) is 68.4. The summed E-state index contributed by atoms with van der Waals surface area (Å²) in [5.41, 5.74) is 1.44. The van der Waals surface area contributed by atoms with Crippen molar-refractivity contribution in [3.63, 3.8) is 0 Å². The molecule has 3 fully saturated rings. The average molecular weight is 1380 g/mol. The van der Waals surface area contributed by atoms with Crippen molar-refractivity contribution in [2.45, 2.75) is 145 Å². The van der Waals surface area contributed by atoms with Gasteiger partial charge in [0.25, 0.3) is 18.2 Å². The van der Waals surface area contributed by atoms with Gasteiger partial charge in [0.2, 0.25) is 45.5 Å². The highest BCUT2D eigenvalue weighted by atomic mass is 32.2. The van der Waals surface area contributed by atoms with Crippen molar-refractivity contribution >= 4 is 75.0 Å². The number of phenolic OH excluding ortho intramolecular Hbond substituents is 1. The molecule has 0 bridgehead atoms. The number of aromatic hydroxyl groups is 1. The molecule has 4 heterocycles. The van der Waals surface area contributed by atoms with E-state index in [-0.39, 0.29) is 29.2 Å². The molecule has 13 atom stereocenters. The van der Waals surface area contributed by atoms with E-state index < -0.39 is 188 Å². The SMILES string of the molecule is COCCCCCCCOc1ccc(-c2nnc(-c3ccc(C(=O)N[C@H]4C[C@H](O)CNC(=O)[C@@H]5[C@@H](O)[C@H](C)CN5C(=O)[C@H]([C@H](O)CCNS(C)(=O)=O)NC(=O)[C@H]([C@H](O)Cc5ccc(O)c(OSOOO)c5)NC(=O)[C@@H]5C[C@H](O)CN5C(=O)[C@H]([C@H](C)O)NC4=O)cc3)s2)cc1. The van der Waals surface area contributed by atoms with Gasteiger partial charge >= 0.3 is 0 Å². The number of nitrogens with one attached hydrogen (secondary N) is 6. The van der Waals surface area contributed by atoms with Gasteiger partial charge in [0.1, 0.15) is 52.0 Å². The molecule has 3 aromatic carbocycles. The Morgan fingerprint density at radius 3 is 2.04 bits per heavy atom. The average Bonchev–Trinajstić information content (AvgIpc) is 1.61. The smallest absolute Gasteiger partial charge is 0.261 e. The van der Waals surface area contributed by atoms with Gasteiger partial charge in [0, 0.05) is 81.8 Å². The summed E-state index contributed by atoms with van der Waals surface area (Å²) >= 11 is 1.34. The van der Waals surface area contributed by atoms with E-state index in [1.807, 2.05) is 24.3 Å². The van der Waals surface area contributed by atoms with Crippen molar-refractivity contribution in [2.24, 2.45) is 5.92 Å². The number of sulfonamides is 1. The lowest BCUT2D eigenvalue weighted by Gasteiger charge is -2.34. The summed E-state index contributed by atoms with van der Waals surface area (Å²) < 4.78 is 46.6. The van der Waals surface area contributed by atoms with Crippen LogP contribution in [0.4, 0.5) is 0 Å². The number of methoxy groups -OCH3 is 1. The molecular weight excluding hydrogens is 1300 g/mol. The summed E-state index contributed by atoms with van der Waals surface area (Å²) in [7, 11) is -2.21. The van der Waals surface area contributed by atoms with Crippen LogP contribution in [0, 0.1) is 5.92 Å². The molecule has 516 valence electrons. The van der Waals surface area contributed by atoms with Crippen molar-refractivity contribution in [1.82, 2.24) is 51.3 Å². The third kappa shape index (κ3) is 20.6. The number of unbranched alkanes of at least 4 members (excludes halogenated alkanes) is 4. The number of fused-ring (bicyclic) bond motifs is 2. The molecule has 0 aliphatic carbocycles. The van der Waals surface area contributed by atoms with Gasteiger partial charge in [-0.3, -0.25) is 33.6 Å². The number of hydrogen-bond acceptors (Lipinski definition) is 26. The number of aliphatic hydroxyl groups excluding tert-OH is 6. The molecule has 7 amide bonds. The van der Waals surface area contributed by atoms with Crippen molar-refractivity contribution in [3.05, 3.63) is 77.9 Å². The van der Waals surface area contributed by atoms with Gasteiger partial charge in [-0.1, -0.05) is 65.1 Å². The number of carbonyl (C=O) groups is 7. The molecule has 0 spiro atoms. The van der Waals surface area contributed by atoms with Crippen LogP contribution in [0.2, 0.25) is 0 Å². The fraction of sp³-hybridized carbons (Fsp3) is 0.542. The molecule has 0 saturated carbocycles. The predicted octanol–water partition coefficient (Wildman–Crippen LogP) is -1.20. The Labute approximate surface area is 549 Å². The van der Waals surface area contributed by atoms with Crippen LogP contribution in [0.5, 0.6) is 17.2 Å². The lowest BCUT2D eigenvalue weighted by Crippen LogP contribution is -2.64. The summed E-state index contributed by atoms with van der Waals surface area (Å²) in [6.45, 7) is 1.67. The number of nitrogens with zero attached hydrogens (tertiary/aromatic N) is 4. The van der Waals surface area contributed by atoms with E-state index in [1.54, 1.807) is 19.2 Å². The first-order valence-electron chi connectivity index (χ1n) is 30.2. The fourth-order valence-electron chi connectivity index (χ4n) is 10.9. The normalized spacial score (nSPS) is 24.6. The van der Waals surface area contributed by atoms with Crippen molar-refractivity contribution in [2.75, 3.05) is 52.8 Å². The van der Waals surface area contributed by atoms with Crippen LogP contribution in [0.3, 0.4) is 0 Å². The number of amides is 7. The van der Waals surface area contributed by atoms with Gasteiger partial charge in [-0.15, -0.1) is 10.2 Å². The molecule has 94 heavy (non-hydrogen) atoms. The second kappa shape index (κ2) is 35.0. The second-order valence-electron chi connectivity index (χ2n) is 23.2. The molecule has 32 nitrogen and oxygen atoms in total. The van der Waals surface area contributed by atoms with Crippen LogP contribution in [-0.4, -0.2) is 236 Å². The summed E-state index contributed by atoms with van der Waals surface area (Å²) in [5.74, 6) is -9.18. The molecule has 3 aliphatic rings. The molecule has 0 radical (unpaired) electrons. The number of carbonyl (C=O) groups excluding carboxylic acids is 7. The molecular formula is C59H80N10O22S3. The van der Waals surface area contributed by atoms with Gasteiger partial charge < -0.3 is 85.8 Å². The first-order chi connectivity index (χ1) is 44.8. The predicted molar refractivity (Wildman–Crippen MR) is 335 cm³/mol. The molecule has 14 N–H and O–H groups in total. The first kappa shape index (κ1) is 74.2. The third-order valence-electron chi connectivity index (χ3n) is 15.9. The first-order valence-corrected chi connectivity index (χ1v) is 33.6. The zero-order valence-electron chi connectivity index (χ0n) is 51.8. The van der Waals surface area contributed by atoms with E-state index in [9.17, 15) is 77.7 Å². The number of aromatic nitrogens is 2. The minimum absolute atomic E-state index is 0.00225. The van der Waals surface area contributed by atoms with Crippen LogP contribution in [0.1, 0.15) is 81.1 Å². The number of benzene rings is 3. The third-order valence-corrected chi connectivity index (χ3v) is 18.0. The number of aliphatic hydroxyl groups is 6. The maximum Gasteiger partial charge on any atom is 0.261 e. The van der Waals surface area contributed by atoms with Crippen LogP contribution in [0.15, 0.2) is 66.7 Å². The maximum absolute atomic E-state index is 14.9. The highest BCUT2D eigenvalue weighted by Crippen LogP contribution is 2.33. The zero-order valence-corrected chi connectivity index (χ0v) is 54.2. The lowest BCUT2D eigenvalue weighted by atomic mass is 9.98. The van der Waals surface area contributed by atoms with E-state index in [2.05, 4.69) is 50.9 Å². The number of rotatable bonds is 26. The molecule has 35 heteroatoms. The Morgan fingerprint density at radius 1 is 0.766 bits per heavy atom. The van der Waals surface area contributed by atoms with Gasteiger partial charge in [0.05, 0.1) is 49.5 Å². The molecule has 7 rings (SSSR count). The lowest BCUT2D eigenvalue weighted by molar-refractivity contribution is -0.433.